The molecule has 0 N–H and O–H groups in total. The highest BCUT2D eigenvalue weighted by Crippen LogP contribution is 2.29. The van der Waals surface area contributed by atoms with E-state index < -0.39 is 11.7 Å². The van der Waals surface area contributed by atoms with Gasteiger partial charge < -0.3 is 4.90 Å². The lowest BCUT2D eigenvalue weighted by atomic mass is 10.1. The van der Waals surface area contributed by atoms with Crippen molar-refractivity contribution < 1.29 is 9.59 Å². The molecular formula is C9H6ClNO2. The zero-order valence-corrected chi connectivity index (χ0v) is 7.63. The Hall–Kier alpha value is -1.35. The number of amides is 1. The summed E-state index contributed by atoms with van der Waals surface area (Å²) >= 11 is 5.70. The van der Waals surface area contributed by atoms with Crippen LogP contribution in [0, 0.1) is 0 Å². The Morgan fingerprint density at radius 3 is 2.69 bits per heavy atom. The highest BCUT2D eigenvalue weighted by Gasteiger charge is 2.33. The molecule has 1 aliphatic heterocycles. The van der Waals surface area contributed by atoms with E-state index >= 15 is 0 Å². The van der Waals surface area contributed by atoms with Gasteiger partial charge in [0.1, 0.15) is 0 Å². The van der Waals surface area contributed by atoms with E-state index in [1.807, 2.05) is 0 Å². The van der Waals surface area contributed by atoms with Gasteiger partial charge in [-0.1, -0.05) is 11.6 Å². The molecule has 3 nitrogen and oxygen atoms in total. The summed E-state index contributed by atoms with van der Waals surface area (Å²) in [5.74, 6) is -0.989. The zero-order chi connectivity index (χ0) is 9.59. The lowest BCUT2D eigenvalue weighted by Gasteiger charge is -2.07. The highest BCUT2D eigenvalue weighted by molar-refractivity contribution is 6.52. The molecule has 0 bridgehead atoms. The van der Waals surface area contributed by atoms with Gasteiger partial charge in [0.05, 0.1) is 11.3 Å². The van der Waals surface area contributed by atoms with Gasteiger partial charge in [0, 0.05) is 12.1 Å². The molecule has 4 heteroatoms. The van der Waals surface area contributed by atoms with Crippen LogP contribution >= 0.6 is 11.6 Å². The van der Waals surface area contributed by atoms with Gasteiger partial charge in [-0.2, -0.15) is 0 Å². The molecule has 0 spiro atoms. The minimum atomic E-state index is -0.503. The first kappa shape index (κ1) is 8.26. The van der Waals surface area contributed by atoms with E-state index in [1.165, 1.54) is 11.0 Å². The Morgan fingerprint density at radius 1 is 1.31 bits per heavy atom. The number of carbonyl (C=O) groups is 2. The van der Waals surface area contributed by atoms with Gasteiger partial charge in [0.2, 0.25) is 0 Å². The van der Waals surface area contributed by atoms with Crippen LogP contribution in [0.2, 0.25) is 5.02 Å². The summed E-state index contributed by atoms with van der Waals surface area (Å²) in [6.45, 7) is 0. The van der Waals surface area contributed by atoms with Crippen LogP contribution in [-0.4, -0.2) is 18.7 Å². The first-order valence-corrected chi connectivity index (χ1v) is 4.11. The fraction of sp³-hybridized carbons (Fsp3) is 0.111. The maximum atomic E-state index is 11.3. The molecule has 0 unspecified atom stereocenters. The van der Waals surface area contributed by atoms with Gasteiger partial charge in [-0.05, 0) is 18.2 Å². The number of hydrogen-bond donors (Lipinski definition) is 0. The number of nitrogens with zero attached hydrogens (tertiary/aromatic N) is 1. The summed E-state index contributed by atoms with van der Waals surface area (Å²) < 4.78 is 0. The summed E-state index contributed by atoms with van der Waals surface area (Å²) in [5, 5.41) is 0.468. The van der Waals surface area contributed by atoms with Crippen LogP contribution in [0.15, 0.2) is 18.2 Å². The average Bonchev–Trinajstić information content (AvgIpc) is 2.32. The van der Waals surface area contributed by atoms with Crippen LogP contribution in [0.5, 0.6) is 0 Å². The third kappa shape index (κ3) is 1.04. The quantitative estimate of drug-likeness (QED) is 0.589. The number of Topliss-reactive ketones (excluding diaryl/α,β-unsaturated/α-hetero) is 1. The predicted molar refractivity (Wildman–Crippen MR) is 49.2 cm³/mol. The van der Waals surface area contributed by atoms with E-state index in [-0.39, 0.29) is 0 Å². The Kier molecular flexibility index (Phi) is 1.63. The normalized spacial score (nSPS) is 15.1. The fourth-order valence-corrected chi connectivity index (χ4v) is 1.53. The van der Waals surface area contributed by atoms with Gasteiger partial charge >= 0.3 is 0 Å². The molecule has 1 aromatic rings. The second-order valence-corrected chi connectivity index (χ2v) is 3.29. The van der Waals surface area contributed by atoms with Crippen LogP contribution in [0.1, 0.15) is 10.4 Å². The molecule has 66 valence electrons. The van der Waals surface area contributed by atoms with E-state index in [0.717, 1.165) is 0 Å². The molecule has 1 amide bonds. The molecule has 0 atom stereocenters. The summed E-state index contributed by atoms with van der Waals surface area (Å²) in [6, 6.07) is 4.84. The van der Waals surface area contributed by atoms with Gasteiger partial charge in [-0.25, -0.2) is 0 Å². The van der Waals surface area contributed by atoms with Crippen molar-refractivity contribution in [2.24, 2.45) is 0 Å². The monoisotopic (exact) mass is 195 g/mol. The van der Waals surface area contributed by atoms with Crippen LogP contribution < -0.4 is 4.90 Å². The molecule has 0 fully saturated rings. The minimum absolute atomic E-state index is 0.389. The number of hydrogen-bond acceptors (Lipinski definition) is 2. The summed E-state index contributed by atoms with van der Waals surface area (Å²) in [5.41, 5.74) is 1.01. The number of benzene rings is 1. The van der Waals surface area contributed by atoms with Crippen LogP contribution in [0.25, 0.3) is 0 Å². The number of halogens is 1. The lowest BCUT2D eigenvalue weighted by Crippen LogP contribution is -2.24. The fourth-order valence-electron chi connectivity index (χ4n) is 1.36. The molecular weight excluding hydrogens is 190 g/mol. The number of likely N-dealkylation sites (N-methyl/N-ethyl adjacent to an activating group) is 1. The summed E-state index contributed by atoms with van der Waals surface area (Å²) in [4.78, 5) is 23.8. The van der Waals surface area contributed by atoms with Crippen molar-refractivity contribution in [1.82, 2.24) is 0 Å². The summed E-state index contributed by atoms with van der Waals surface area (Å²) in [6.07, 6.45) is 0. The smallest absolute Gasteiger partial charge is 0.299 e. The van der Waals surface area contributed by atoms with Crippen molar-refractivity contribution in [3.05, 3.63) is 28.8 Å². The van der Waals surface area contributed by atoms with E-state index in [1.54, 1.807) is 19.2 Å². The number of anilines is 1. The Morgan fingerprint density at radius 2 is 2.00 bits per heavy atom. The molecule has 0 aliphatic carbocycles. The Balaban J connectivity index is 2.67. The molecule has 13 heavy (non-hydrogen) atoms. The van der Waals surface area contributed by atoms with Gasteiger partial charge in [-0.3, -0.25) is 9.59 Å². The highest BCUT2D eigenvalue weighted by atomic mass is 35.5. The van der Waals surface area contributed by atoms with Gasteiger partial charge in [0.25, 0.3) is 11.7 Å². The van der Waals surface area contributed by atoms with Crippen molar-refractivity contribution in [3.8, 4) is 0 Å². The van der Waals surface area contributed by atoms with Crippen molar-refractivity contribution >= 4 is 29.0 Å². The predicted octanol–water partition coefficient (Wildman–Crippen LogP) is 1.50. The van der Waals surface area contributed by atoms with Crippen molar-refractivity contribution in [1.29, 1.82) is 0 Å². The number of carbonyl (C=O) groups excluding carboxylic acids is 2. The van der Waals surface area contributed by atoms with Crippen LogP contribution in [0.3, 0.4) is 0 Å². The second kappa shape index (κ2) is 2.57. The molecule has 1 heterocycles. The molecule has 1 aromatic carbocycles. The maximum Gasteiger partial charge on any atom is 0.299 e. The lowest BCUT2D eigenvalue weighted by molar-refractivity contribution is -0.114. The third-order valence-corrected chi connectivity index (χ3v) is 2.30. The van der Waals surface area contributed by atoms with E-state index in [4.69, 9.17) is 11.6 Å². The number of rotatable bonds is 0. The SMILES string of the molecule is CN1C(=O)C(=O)c2cc(Cl)ccc21. The number of ketones is 1. The topological polar surface area (TPSA) is 37.4 Å². The van der Waals surface area contributed by atoms with E-state index in [2.05, 4.69) is 0 Å². The second-order valence-electron chi connectivity index (χ2n) is 2.85. The van der Waals surface area contributed by atoms with E-state index in [9.17, 15) is 9.59 Å². The minimum Gasteiger partial charge on any atom is -0.308 e. The van der Waals surface area contributed by atoms with Crippen molar-refractivity contribution in [2.45, 2.75) is 0 Å². The first-order valence-electron chi connectivity index (χ1n) is 3.73. The van der Waals surface area contributed by atoms with Gasteiger partial charge in [-0.15, -0.1) is 0 Å². The van der Waals surface area contributed by atoms with Crippen LogP contribution in [0.4, 0.5) is 5.69 Å². The molecule has 0 saturated heterocycles. The molecule has 2 rings (SSSR count). The third-order valence-electron chi connectivity index (χ3n) is 2.06. The van der Waals surface area contributed by atoms with Crippen LogP contribution in [-0.2, 0) is 4.79 Å². The molecule has 0 radical (unpaired) electrons. The molecule has 0 saturated carbocycles. The van der Waals surface area contributed by atoms with E-state index in [0.29, 0.717) is 16.3 Å². The van der Waals surface area contributed by atoms with Gasteiger partial charge in [0.15, 0.2) is 0 Å². The standard InChI is InChI=1S/C9H6ClNO2/c1-11-7-3-2-5(10)4-6(7)8(12)9(11)13/h2-4H,1H3. The Bertz CT molecular complexity index is 414. The largest absolute Gasteiger partial charge is 0.308 e. The maximum absolute atomic E-state index is 11.3. The molecule has 0 aromatic heterocycles. The average molecular weight is 196 g/mol. The van der Waals surface area contributed by atoms with Crippen molar-refractivity contribution in [2.75, 3.05) is 11.9 Å². The van der Waals surface area contributed by atoms with Crippen molar-refractivity contribution in [3.63, 3.8) is 0 Å². The molecule has 1 aliphatic rings. The zero-order valence-electron chi connectivity index (χ0n) is 6.87. The number of fused-ring (bicyclic) bond motifs is 1. The Labute approximate surface area is 79.9 Å². The summed E-state index contributed by atoms with van der Waals surface area (Å²) in [7, 11) is 1.57. The first-order chi connectivity index (χ1) is 6.11.